The number of hydrogen-bond donors (Lipinski definition) is 2. The van der Waals surface area contributed by atoms with E-state index in [1.807, 2.05) is 24.3 Å². The third kappa shape index (κ3) is 1.88. The van der Waals surface area contributed by atoms with Gasteiger partial charge < -0.3 is 10.1 Å². The van der Waals surface area contributed by atoms with Gasteiger partial charge >= 0.3 is 5.97 Å². The highest BCUT2D eigenvalue weighted by Gasteiger charge is 2.28. The summed E-state index contributed by atoms with van der Waals surface area (Å²) in [5, 5.41) is 11.8. The first-order chi connectivity index (χ1) is 12.1. The van der Waals surface area contributed by atoms with E-state index >= 15 is 0 Å². The maximum Gasteiger partial charge on any atom is 0.336 e. The Morgan fingerprint density at radius 1 is 1.04 bits per heavy atom. The second-order valence-electron chi connectivity index (χ2n) is 6.61. The van der Waals surface area contributed by atoms with Gasteiger partial charge in [-0.05, 0) is 42.5 Å². The molecular formula is C21H16N2O2. The monoisotopic (exact) mass is 328 g/mol. The van der Waals surface area contributed by atoms with E-state index in [2.05, 4.69) is 30.1 Å². The van der Waals surface area contributed by atoms with Crippen LogP contribution in [-0.2, 0) is 12.8 Å². The fourth-order valence-corrected chi connectivity index (χ4v) is 4.08. The van der Waals surface area contributed by atoms with E-state index in [9.17, 15) is 9.90 Å². The van der Waals surface area contributed by atoms with Crippen molar-refractivity contribution >= 4 is 27.8 Å². The Balaban J connectivity index is 1.92. The number of para-hydroxylation sites is 2. The summed E-state index contributed by atoms with van der Waals surface area (Å²) in [5.74, 6) is -0.884. The Labute approximate surface area is 144 Å². The topological polar surface area (TPSA) is 66.0 Å². The lowest BCUT2D eigenvalue weighted by molar-refractivity contribution is 0.0698. The van der Waals surface area contributed by atoms with Crippen LogP contribution in [-0.4, -0.2) is 21.0 Å². The van der Waals surface area contributed by atoms with Crippen LogP contribution in [0.5, 0.6) is 0 Å². The van der Waals surface area contributed by atoms with Crippen molar-refractivity contribution in [2.24, 2.45) is 0 Å². The number of carbonyl (C=O) groups is 1. The number of aromatic amines is 1. The average Bonchev–Trinajstić information content (AvgIpc) is 3.00. The highest BCUT2D eigenvalue weighted by Crippen LogP contribution is 2.40. The van der Waals surface area contributed by atoms with Gasteiger partial charge in [0.1, 0.15) is 0 Å². The fourth-order valence-electron chi connectivity index (χ4n) is 4.08. The fraction of sp³-hybridized carbons (Fsp3) is 0.143. The van der Waals surface area contributed by atoms with Crippen molar-refractivity contribution in [3.8, 4) is 11.4 Å². The molecule has 1 aliphatic carbocycles. The minimum absolute atomic E-state index is 0.390. The number of pyridine rings is 1. The molecule has 0 atom stereocenters. The number of hydrogen-bond acceptors (Lipinski definition) is 2. The molecule has 2 aromatic heterocycles. The first-order valence-electron chi connectivity index (χ1n) is 8.40. The maximum atomic E-state index is 12.0. The van der Waals surface area contributed by atoms with Crippen molar-refractivity contribution in [3.63, 3.8) is 0 Å². The summed E-state index contributed by atoms with van der Waals surface area (Å²) in [5.41, 5.74) is 7.25. The van der Waals surface area contributed by atoms with Gasteiger partial charge in [-0.15, -0.1) is 0 Å². The van der Waals surface area contributed by atoms with Crippen LogP contribution < -0.4 is 0 Å². The Bertz CT molecular complexity index is 1190. The average molecular weight is 328 g/mol. The summed E-state index contributed by atoms with van der Waals surface area (Å²) in [6.45, 7) is 2.09. The lowest BCUT2D eigenvalue weighted by atomic mass is 9.87. The number of carboxylic acid groups (broad SMARTS) is 1. The number of rotatable bonds is 1. The molecule has 2 aromatic carbocycles. The first-order valence-corrected chi connectivity index (χ1v) is 8.40. The van der Waals surface area contributed by atoms with Crippen LogP contribution in [0.2, 0.25) is 0 Å². The molecule has 0 spiro atoms. The zero-order valence-corrected chi connectivity index (χ0v) is 13.8. The van der Waals surface area contributed by atoms with Crippen LogP contribution >= 0.6 is 0 Å². The standard InChI is InChI=1S/C21H16N2O2/c1-11-5-4-7-12-13-9-10-15-17(21(24)25)14-6-2-3-8-16(14)22-20(15)19(13)23-18(11)12/h2-8,23H,9-10H2,1H3,(H,24,25). The van der Waals surface area contributed by atoms with Crippen LogP contribution in [0.1, 0.15) is 27.0 Å². The summed E-state index contributed by atoms with van der Waals surface area (Å²) >= 11 is 0. The molecule has 0 fully saturated rings. The second kappa shape index (κ2) is 4.93. The van der Waals surface area contributed by atoms with E-state index in [0.29, 0.717) is 17.4 Å². The predicted octanol–water partition coefficient (Wildman–Crippen LogP) is 4.49. The minimum Gasteiger partial charge on any atom is -0.478 e. The van der Waals surface area contributed by atoms with E-state index in [1.165, 1.54) is 16.5 Å². The van der Waals surface area contributed by atoms with E-state index < -0.39 is 5.97 Å². The molecule has 2 heterocycles. The van der Waals surface area contributed by atoms with Crippen LogP contribution in [0.15, 0.2) is 42.5 Å². The van der Waals surface area contributed by atoms with Crippen molar-refractivity contribution < 1.29 is 9.90 Å². The Hall–Kier alpha value is -3.14. The van der Waals surface area contributed by atoms with Crippen molar-refractivity contribution in [2.45, 2.75) is 19.8 Å². The Kier molecular flexibility index (Phi) is 2.80. The van der Waals surface area contributed by atoms with Gasteiger partial charge in [0.05, 0.1) is 22.5 Å². The SMILES string of the molecule is Cc1cccc2c3c([nH]c12)-c1nc2ccccc2c(C(=O)O)c1CC3. The second-order valence-corrected chi connectivity index (χ2v) is 6.61. The number of fused-ring (bicyclic) bond motifs is 6. The quantitative estimate of drug-likeness (QED) is 0.541. The first kappa shape index (κ1) is 14.2. The number of benzene rings is 2. The van der Waals surface area contributed by atoms with E-state index in [0.717, 1.165) is 34.4 Å². The largest absolute Gasteiger partial charge is 0.478 e. The smallest absolute Gasteiger partial charge is 0.336 e. The molecule has 1 aliphatic rings. The normalized spacial score (nSPS) is 13.0. The van der Waals surface area contributed by atoms with E-state index in [4.69, 9.17) is 4.98 Å². The van der Waals surface area contributed by atoms with Crippen LogP contribution in [0.4, 0.5) is 0 Å². The van der Waals surface area contributed by atoms with Gasteiger partial charge in [0.2, 0.25) is 0 Å². The number of H-pyrrole nitrogens is 1. The van der Waals surface area contributed by atoms with Gasteiger partial charge in [-0.25, -0.2) is 9.78 Å². The number of carboxylic acids is 1. The molecular weight excluding hydrogens is 312 g/mol. The Morgan fingerprint density at radius 2 is 1.80 bits per heavy atom. The number of aromatic nitrogens is 2. The summed E-state index contributed by atoms with van der Waals surface area (Å²) in [6.07, 6.45) is 1.52. The van der Waals surface area contributed by atoms with Gasteiger partial charge in [0.15, 0.2) is 0 Å². The molecule has 0 saturated carbocycles. The molecule has 0 unspecified atom stereocenters. The molecule has 4 aromatic rings. The molecule has 2 N–H and O–H groups in total. The molecule has 4 nitrogen and oxygen atoms in total. The lowest BCUT2D eigenvalue weighted by Crippen LogP contribution is -2.12. The molecule has 0 aliphatic heterocycles. The van der Waals surface area contributed by atoms with Gasteiger partial charge in [-0.3, -0.25) is 0 Å². The molecule has 0 amide bonds. The summed E-state index contributed by atoms with van der Waals surface area (Å²) in [4.78, 5) is 20.3. The molecule has 0 bridgehead atoms. The van der Waals surface area contributed by atoms with Gasteiger partial charge in [0, 0.05) is 16.3 Å². The van der Waals surface area contributed by atoms with Gasteiger partial charge in [-0.1, -0.05) is 36.4 Å². The summed E-state index contributed by atoms with van der Waals surface area (Å²) in [7, 11) is 0. The molecule has 0 radical (unpaired) electrons. The number of aryl methyl sites for hydroxylation is 2. The van der Waals surface area contributed by atoms with E-state index in [-0.39, 0.29) is 0 Å². The highest BCUT2D eigenvalue weighted by molar-refractivity contribution is 6.06. The maximum absolute atomic E-state index is 12.0. The minimum atomic E-state index is -0.884. The summed E-state index contributed by atoms with van der Waals surface area (Å²) < 4.78 is 0. The van der Waals surface area contributed by atoms with Gasteiger partial charge in [0.25, 0.3) is 0 Å². The van der Waals surface area contributed by atoms with Crippen molar-refractivity contribution in [1.82, 2.24) is 9.97 Å². The predicted molar refractivity (Wildman–Crippen MR) is 98.1 cm³/mol. The highest BCUT2D eigenvalue weighted by atomic mass is 16.4. The zero-order valence-electron chi connectivity index (χ0n) is 13.8. The number of nitrogens with one attached hydrogen (secondary N) is 1. The molecule has 122 valence electrons. The molecule has 4 heteroatoms. The van der Waals surface area contributed by atoms with Gasteiger partial charge in [-0.2, -0.15) is 0 Å². The molecule has 25 heavy (non-hydrogen) atoms. The molecule has 5 rings (SSSR count). The summed E-state index contributed by atoms with van der Waals surface area (Å²) in [6, 6.07) is 13.8. The van der Waals surface area contributed by atoms with E-state index in [1.54, 1.807) is 0 Å². The number of nitrogens with zero attached hydrogens (tertiary/aromatic N) is 1. The van der Waals surface area contributed by atoms with Crippen molar-refractivity contribution in [1.29, 1.82) is 0 Å². The number of aromatic carboxylic acids is 1. The third-order valence-corrected chi connectivity index (χ3v) is 5.22. The van der Waals surface area contributed by atoms with Crippen molar-refractivity contribution in [2.75, 3.05) is 0 Å². The molecule has 0 saturated heterocycles. The van der Waals surface area contributed by atoms with Crippen LogP contribution in [0.25, 0.3) is 33.2 Å². The van der Waals surface area contributed by atoms with Crippen LogP contribution in [0.3, 0.4) is 0 Å². The zero-order chi connectivity index (χ0) is 17.1. The third-order valence-electron chi connectivity index (χ3n) is 5.22. The van der Waals surface area contributed by atoms with Crippen LogP contribution in [0, 0.1) is 6.92 Å². The van der Waals surface area contributed by atoms with Crippen molar-refractivity contribution in [3.05, 3.63) is 64.7 Å². The Morgan fingerprint density at radius 3 is 2.64 bits per heavy atom. The lowest BCUT2D eigenvalue weighted by Gasteiger charge is -2.19.